The Kier molecular flexibility index (Phi) is 4.16. The van der Waals surface area contributed by atoms with Crippen molar-refractivity contribution >= 4 is 28.0 Å². The fourth-order valence-corrected chi connectivity index (χ4v) is 2.27. The molecule has 0 radical (unpaired) electrons. The average molecular weight is 320 g/mol. The van der Waals surface area contributed by atoms with Gasteiger partial charge in [0, 0.05) is 11.6 Å². The molecule has 0 spiro atoms. The van der Waals surface area contributed by atoms with Gasteiger partial charge in [0.15, 0.2) is 0 Å². The van der Waals surface area contributed by atoms with Crippen LogP contribution in [0.25, 0.3) is 16.3 Å². The lowest BCUT2D eigenvalue weighted by Gasteiger charge is -2.11. The van der Waals surface area contributed by atoms with Crippen molar-refractivity contribution in [2.24, 2.45) is 0 Å². The number of allylic oxidation sites excluding steroid dienone is 1. The average Bonchev–Trinajstić information content (AvgIpc) is 3.16. The number of rotatable bonds is 4. The first-order chi connectivity index (χ1) is 11.7. The monoisotopic (exact) mass is 320 g/mol. The standard InChI is InChI=1S/C16H12N6O2/c1-24-16(23)13-7-6-10-4-2-3-5-12(10)14(13)18-9-11(8-17)15-19-21-22-20-15/h2-7,9,18H,1H3,(H,19,20,21,22). The van der Waals surface area contributed by atoms with E-state index >= 15 is 0 Å². The Bertz CT molecular complexity index is 956. The van der Waals surface area contributed by atoms with Crippen LogP contribution in [0.3, 0.4) is 0 Å². The lowest BCUT2D eigenvalue weighted by Crippen LogP contribution is -2.06. The lowest BCUT2D eigenvalue weighted by molar-refractivity contribution is 0.0602. The number of hydrogen-bond donors (Lipinski definition) is 2. The van der Waals surface area contributed by atoms with Gasteiger partial charge in [-0.3, -0.25) is 0 Å². The summed E-state index contributed by atoms with van der Waals surface area (Å²) in [7, 11) is 1.32. The van der Waals surface area contributed by atoms with Gasteiger partial charge in [-0.15, -0.1) is 10.2 Å². The number of fused-ring (bicyclic) bond motifs is 1. The molecule has 3 rings (SSSR count). The van der Waals surface area contributed by atoms with Crippen LogP contribution in [-0.2, 0) is 4.74 Å². The lowest BCUT2D eigenvalue weighted by atomic mass is 10.0. The highest BCUT2D eigenvalue weighted by Gasteiger charge is 2.15. The third-order valence-electron chi connectivity index (χ3n) is 3.40. The number of carbonyl (C=O) groups excluding carboxylic acids is 1. The van der Waals surface area contributed by atoms with E-state index in [1.807, 2.05) is 36.4 Å². The number of H-pyrrole nitrogens is 1. The van der Waals surface area contributed by atoms with Gasteiger partial charge < -0.3 is 10.1 Å². The first-order valence-electron chi connectivity index (χ1n) is 6.95. The summed E-state index contributed by atoms with van der Waals surface area (Å²) >= 11 is 0. The molecule has 2 N–H and O–H groups in total. The van der Waals surface area contributed by atoms with Gasteiger partial charge in [0.05, 0.1) is 18.4 Å². The molecule has 3 aromatic rings. The molecule has 0 aliphatic rings. The molecule has 1 heterocycles. The van der Waals surface area contributed by atoms with Crippen molar-refractivity contribution in [2.75, 3.05) is 12.4 Å². The van der Waals surface area contributed by atoms with E-state index in [0.717, 1.165) is 10.8 Å². The summed E-state index contributed by atoms with van der Waals surface area (Å²) < 4.78 is 4.83. The number of aromatic amines is 1. The zero-order valence-corrected chi connectivity index (χ0v) is 12.6. The Morgan fingerprint density at radius 2 is 2.17 bits per heavy atom. The Labute approximate surface area is 136 Å². The molecule has 0 fully saturated rings. The summed E-state index contributed by atoms with van der Waals surface area (Å²) in [6.45, 7) is 0. The second-order valence-corrected chi connectivity index (χ2v) is 4.75. The van der Waals surface area contributed by atoms with Crippen LogP contribution in [-0.4, -0.2) is 33.7 Å². The van der Waals surface area contributed by atoms with Crippen LogP contribution in [0.1, 0.15) is 16.2 Å². The minimum atomic E-state index is -0.477. The Hall–Kier alpha value is -3.73. The first-order valence-corrected chi connectivity index (χ1v) is 6.95. The number of nitriles is 1. The quantitative estimate of drug-likeness (QED) is 0.558. The number of aromatic nitrogens is 4. The van der Waals surface area contributed by atoms with E-state index in [1.165, 1.54) is 13.3 Å². The molecular formula is C16H12N6O2. The zero-order valence-electron chi connectivity index (χ0n) is 12.6. The van der Waals surface area contributed by atoms with Crippen LogP contribution < -0.4 is 5.32 Å². The van der Waals surface area contributed by atoms with Gasteiger partial charge in [-0.1, -0.05) is 30.3 Å². The van der Waals surface area contributed by atoms with Crippen molar-refractivity contribution in [3.8, 4) is 6.07 Å². The van der Waals surface area contributed by atoms with Crippen molar-refractivity contribution in [2.45, 2.75) is 0 Å². The van der Waals surface area contributed by atoms with Crippen LogP contribution in [0, 0.1) is 11.3 Å². The van der Waals surface area contributed by atoms with Gasteiger partial charge >= 0.3 is 5.97 Å². The number of anilines is 1. The van der Waals surface area contributed by atoms with Crippen molar-refractivity contribution in [1.82, 2.24) is 20.6 Å². The molecular weight excluding hydrogens is 308 g/mol. The third kappa shape index (κ3) is 2.78. The smallest absolute Gasteiger partial charge is 0.339 e. The summed E-state index contributed by atoms with van der Waals surface area (Å²) in [5.74, 6) is -0.320. The molecule has 0 aliphatic carbocycles. The SMILES string of the molecule is COC(=O)c1ccc2ccccc2c1NC=C(C#N)c1nn[nH]n1. The molecule has 2 aromatic carbocycles. The first kappa shape index (κ1) is 15.2. The number of esters is 1. The number of ether oxygens (including phenoxy) is 1. The van der Waals surface area contributed by atoms with Gasteiger partial charge in [-0.2, -0.15) is 10.5 Å². The van der Waals surface area contributed by atoms with Gasteiger partial charge in [0.2, 0.25) is 5.82 Å². The topological polar surface area (TPSA) is 117 Å². The molecule has 0 aliphatic heterocycles. The predicted octanol–water partition coefficient (Wildman–Crippen LogP) is 2.12. The second-order valence-electron chi connectivity index (χ2n) is 4.75. The summed E-state index contributed by atoms with van der Waals surface area (Å²) in [4.78, 5) is 12.0. The Morgan fingerprint density at radius 3 is 2.88 bits per heavy atom. The molecule has 0 unspecified atom stereocenters. The van der Waals surface area contributed by atoms with Gasteiger partial charge in [0.1, 0.15) is 11.6 Å². The summed E-state index contributed by atoms with van der Waals surface area (Å²) in [6, 6.07) is 13.1. The number of methoxy groups -OCH3 is 1. The van der Waals surface area contributed by atoms with Gasteiger partial charge in [0.25, 0.3) is 0 Å². The fourth-order valence-electron chi connectivity index (χ4n) is 2.27. The van der Waals surface area contributed by atoms with Gasteiger partial charge in [-0.25, -0.2) is 4.79 Å². The summed E-state index contributed by atoms with van der Waals surface area (Å²) in [5.41, 5.74) is 1.07. The van der Waals surface area contributed by atoms with E-state index in [-0.39, 0.29) is 11.4 Å². The molecule has 8 heteroatoms. The molecule has 1 aromatic heterocycles. The Balaban J connectivity index is 2.10. The van der Waals surface area contributed by atoms with Crippen molar-refractivity contribution in [3.05, 3.63) is 54.0 Å². The maximum Gasteiger partial charge on any atom is 0.339 e. The maximum absolute atomic E-state index is 12.0. The van der Waals surface area contributed by atoms with Crippen molar-refractivity contribution in [1.29, 1.82) is 5.26 Å². The molecule has 0 atom stereocenters. The number of nitrogens with one attached hydrogen (secondary N) is 2. The third-order valence-corrected chi connectivity index (χ3v) is 3.40. The minimum Gasteiger partial charge on any atom is -0.465 e. The highest BCUT2D eigenvalue weighted by atomic mass is 16.5. The molecule has 24 heavy (non-hydrogen) atoms. The number of carbonyl (C=O) groups is 1. The molecule has 0 saturated carbocycles. The second kappa shape index (κ2) is 6.58. The van der Waals surface area contributed by atoms with E-state index in [0.29, 0.717) is 11.3 Å². The van der Waals surface area contributed by atoms with Gasteiger partial charge in [-0.05, 0) is 16.7 Å². The summed E-state index contributed by atoms with van der Waals surface area (Å²) in [5, 5.41) is 27.3. The largest absolute Gasteiger partial charge is 0.465 e. The molecule has 118 valence electrons. The van der Waals surface area contributed by atoms with Crippen LogP contribution in [0.4, 0.5) is 5.69 Å². The van der Waals surface area contributed by atoms with E-state index < -0.39 is 5.97 Å². The van der Waals surface area contributed by atoms with E-state index in [9.17, 15) is 10.1 Å². The highest BCUT2D eigenvalue weighted by Crippen LogP contribution is 2.28. The van der Waals surface area contributed by atoms with E-state index in [1.54, 1.807) is 6.07 Å². The zero-order chi connectivity index (χ0) is 16.9. The number of tetrazole rings is 1. The molecule has 8 nitrogen and oxygen atoms in total. The van der Waals surface area contributed by atoms with E-state index in [4.69, 9.17) is 4.74 Å². The normalized spacial score (nSPS) is 11.1. The van der Waals surface area contributed by atoms with Crippen LogP contribution in [0.15, 0.2) is 42.6 Å². The maximum atomic E-state index is 12.0. The van der Waals surface area contributed by atoms with Crippen LogP contribution in [0.2, 0.25) is 0 Å². The summed E-state index contributed by atoms with van der Waals surface area (Å²) in [6.07, 6.45) is 1.43. The van der Waals surface area contributed by atoms with Crippen LogP contribution in [0.5, 0.6) is 0 Å². The van der Waals surface area contributed by atoms with Crippen LogP contribution >= 0.6 is 0 Å². The Morgan fingerprint density at radius 1 is 1.33 bits per heavy atom. The number of nitrogens with zero attached hydrogens (tertiary/aromatic N) is 4. The molecule has 0 amide bonds. The number of benzene rings is 2. The predicted molar refractivity (Wildman–Crippen MR) is 86.7 cm³/mol. The number of hydrogen-bond acceptors (Lipinski definition) is 7. The minimum absolute atomic E-state index is 0.157. The van der Waals surface area contributed by atoms with E-state index in [2.05, 4.69) is 25.9 Å². The molecule has 0 bridgehead atoms. The molecule has 0 saturated heterocycles. The van der Waals surface area contributed by atoms with Crippen molar-refractivity contribution < 1.29 is 9.53 Å². The fraction of sp³-hybridized carbons (Fsp3) is 0.0625. The van der Waals surface area contributed by atoms with Crippen molar-refractivity contribution in [3.63, 3.8) is 0 Å². The highest BCUT2D eigenvalue weighted by molar-refractivity contribution is 6.07.